The Kier molecular flexibility index (Phi) is 5.29. The highest BCUT2D eigenvalue weighted by atomic mass is 79.9. The summed E-state index contributed by atoms with van der Waals surface area (Å²) in [4.78, 5) is 13.4. The van der Waals surface area contributed by atoms with Crippen LogP contribution in [0, 0.1) is 5.82 Å². The number of fused-ring (bicyclic) bond motifs is 1. The van der Waals surface area contributed by atoms with Crippen molar-refractivity contribution in [2.75, 3.05) is 5.32 Å². The van der Waals surface area contributed by atoms with Gasteiger partial charge in [0.25, 0.3) is 0 Å². The van der Waals surface area contributed by atoms with Crippen molar-refractivity contribution in [1.29, 1.82) is 0 Å². The third-order valence-corrected chi connectivity index (χ3v) is 5.82. The van der Waals surface area contributed by atoms with Gasteiger partial charge in [-0.2, -0.15) is 4.98 Å². The first kappa shape index (κ1) is 17.5. The number of thiophene rings is 1. The van der Waals surface area contributed by atoms with Crippen molar-refractivity contribution < 1.29 is 4.39 Å². The van der Waals surface area contributed by atoms with Gasteiger partial charge in [0.05, 0.1) is 15.4 Å². The van der Waals surface area contributed by atoms with Crippen LogP contribution in [-0.4, -0.2) is 21.0 Å². The molecule has 1 atom stereocenters. The van der Waals surface area contributed by atoms with Crippen LogP contribution in [0.25, 0.3) is 10.2 Å². The van der Waals surface area contributed by atoms with Gasteiger partial charge >= 0.3 is 0 Å². The van der Waals surface area contributed by atoms with Crippen LogP contribution in [0.4, 0.5) is 10.2 Å². The van der Waals surface area contributed by atoms with Crippen molar-refractivity contribution in [3.63, 3.8) is 0 Å². The number of hydrogen-bond donors (Lipinski definition) is 2. The van der Waals surface area contributed by atoms with E-state index in [1.165, 1.54) is 6.20 Å². The molecule has 0 saturated heterocycles. The van der Waals surface area contributed by atoms with Crippen LogP contribution in [0.2, 0.25) is 5.28 Å². The predicted octanol–water partition coefficient (Wildman–Crippen LogP) is 4.14. The highest BCUT2D eigenvalue weighted by Crippen LogP contribution is 2.39. The summed E-state index contributed by atoms with van der Waals surface area (Å²) in [6.07, 6.45) is 3.45. The van der Waals surface area contributed by atoms with E-state index in [1.54, 1.807) is 23.6 Å². The smallest absolute Gasteiger partial charge is 0.225 e. The highest BCUT2D eigenvalue weighted by molar-refractivity contribution is 9.10. The van der Waals surface area contributed by atoms with E-state index in [0.29, 0.717) is 11.4 Å². The molecular formula is C15H14BrClFN5S. The lowest BCUT2D eigenvalue weighted by Gasteiger charge is -2.07. The summed E-state index contributed by atoms with van der Waals surface area (Å²) in [5.74, 6) is 0.203. The number of halogens is 3. The van der Waals surface area contributed by atoms with Crippen LogP contribution < -0.4 is 11.1 Å². The number of rotatable bonds is 5. The fourth-order valence-corrected chi connectivity index (χ4v) is 4.47. The van der Waals surface area contributed by atoms with E-state index >= 15 is 0 Å². The molecule has 3 aromatic heterocycles. The molecule has 0 aliphatic heterocycles. The van der Waals surface area contributed by atoms with Crippen molar-refractivity contribution in [3.05, 3.63) is 44.5 Å². The number of anilines is 1. The Labute approximate surface area is 155 Å². The van der Waals surface area contributed by atoms with Gasteiger partial charge in [-0.25, -0.2) is 9.37 Å². The first-order valence-corrected chi connectivity index (χ1v) is 9.16. The van der Waals surface area contributed by atoms with Gasteiger partial charge in [-0.1, -0.05) is 0 Å². The molecule has 9 heteroatoms. The molecule has 0 aliphatic carbocycles. The molecule has 3 N–H and O–H groups in total. The van der Waals surface area contributed by atoms with Gasteiger partial charge in [-0.15, -0.1) is 11.3 Å². The average Bonchev–Trinajstić information content (AvgIpc) is 2.82. The molecule has 24 heavy (non-hydrogen) atoms. The van der Waals surface area contributed by atoms with E-state index in [2.05, 4.69) is 36.2 Å². The Balaban J connectivity index is 1.96. The fourth-order valence-electron chi connectivity index (χ4n) is 2.24. The van der Waals surface area contributed by atoms with Crippen LogP contribution in [0.15, 0.2) is 22.9 Å². The molecule has 3 heterocycles. The summed E-state index contributed by atoms with van der Waals surface area (Å²) >= 11 is 11.2. The lowest BCUT2D eigenvalue weighted by molar-refractivity contribution is 0.606. The molecule has 0 aromatic carbocycles. The standard InChI is InChI=1S/C15H14BrClFN5S/c1-7(19)4-10-11(16)12-13(24-10)14(23-15(17)22-12)21-5-8-2-3-20-6-9(8)18/h2-3,6-7H,4-5,19H2,1H3,(H,21,22,23)/t7-/m0/s1. The van der Waals surface area contributed by atoms with Gasteiger partial charge < -0.3 is 11.1 Å². The molecule has 5 nitrogen and oxygen atoms in total. The summed E-state index contributed by atoms with van der Waals surface area (Å²) < 4.78 is 15.5. The van der Waals surface area contributed by atoms with Gasteiger partial charge in [0.2, 0.25) is 5.28 Å². The molecule has 0 radical (unpaired) electrons. The SMILES string of the molecule is C[C@H](N)Cc1sc2c(NCc3ccncc3F)nc(Cl)nc2c1Br. The minimum absolute atomic E-state index is 0.0279. The third kappa shape index (κ3) is 3.66. The lowest BCUT2D eigenvalue weighted by atomic mass is 10.2. The molecule has 126 valence electrons. The van der Waals surface area contributed by atoms with Crippen molar-refractivity contribution >= 4 is 54.9 Å². The van der Waals surface area contributed by atoms with Gasteiger partial charge in [-0.05, 0) is 46.9 Å². The van der Waals surface area contributed by atoms with E-state index in [-0.39, 0.29) is 23.7 Å². The molecule has 0 aliphatic rings. The number of nitrogens with two attached hydrogens (primary N) is 1. The second-order valence-corrected chi connectivity index (χ2v) is 7.60. The fraction of sp³-hybridized carbons (Fsp3) is 0.267. The Morgan fingerprint density at radius 3 is 2.96 bits per heavy atom. The van der Waals surface area contributed by atoms with Crippen LogP contribution in [0.3, 0.4) is 0 Å². The molecule has 0 unspecified atom stereocenters. The Bertz CT molecular complexity index is 886. The van der Waals surface area contributed by atoms with Gasteiger partial charge in [-0.3, -0.25) is 4.98 Å². The van der Waals surface area contributed by atoms with Gasteiger partial charge in [0, 0.05) is 29.2 Å². The molecule has 0 bridgehead atoms. The molecule has 3 rings (SSSR count). The summed E-state index contributed by atoms with van der Waals surface area (Å²) in [5, 5.41) is 3.27. The zero-order valence-corrected chi connectivity index (χ0v) is 15.8. The minimum atomic E-state index is -0.369. The normalized spacial score (nSPS) is 12.5. The van der Waals surface area contributed by atoms with Crippen LogP contribution >= 0.6 is 38.9 Å². The van der Waals surface area contributed by atoms with E-state index in [0.717, 1.165) is 26.0 Å². The predicted molar refractivity (Wildman–Crippen MR) is 99.0 cm³/mol. The monoisotopic (exact) mass is 429 g/mol. The van der Waals surface area contributed by atoms with E-state index < -0.39 is 0 Å². The molecule has 0 amide bonds. The number of nitrogens with zero attached hydrogens (tertiary/aromatic N) is 3. The van der Waals surface area contributed by atoms with Crippen molar-refractivity contribution in [2.45, 2.75) is 25.9 Å². The van der Waals surface area contributed by atoms with Crippen LogP contribution in [0.5, 0.6) is 0 Å². The van der Waals surface area contributed by atoms with Crippen molar-refractivity contribution in [1.82, 2.24) is 15.0 Å². The van der Waals surface area contributed by atoms with Crippen LogP contribution in [-0.2, 0) is 13.0 Å². The first-order valence-electron chi connectivity index (χ1n) is 7.18. The highest BCUT2D eigenvalue weighted by Gasteiger charge is 2.17. The van der Waals surface area contributed by atoms with Crippen LogP contribution in [0.1, 0.15) is 17.4 Å². The topological polar surface area (TPSA) is 76.7 Å². The van der Waals surface area contributed by atoms with Crippen molar-refractivity contribution in [2.24, 2.45) is 5.73 Å². The number of pyridine rings is 1. The molecule has 3 aromatic rings. The molecular weight excluding hydrogens is 417 g/mol. The lowest BCUT2D eigenvalue weighted by Crippen LogP contribution is -2.17. The maximum absolute atomic E-state index is 13.7. The van der Waals surface area contributed by atoms with E-state index in [9.17, 15) is 4.39 Å². The second-order valence-electron chi connectivity index (χ2n) is 5.36. The van der Waals surface area contributed by atoms with Crippen molar-refractivity contribution in [3.8, 4) is 0 Å². The maximum atomic E-state index is 13.7. The Morgan fingerprint density at radius 1 is 1.46 bits per heavy atom. The molecule has 0 saturated carbocycles. The second kappa shape index (κ2) is 7.26. The third-order valence-electron chi connectivity index (χ3n) is 3.33. The molecule has 0 fully saturated rings. The number of aromatic nitrogens is 3. The van der Waals surface area contributed by atoms with E-state index in [1.807, 2.05) is 6.92 Å². The summed E-state index contributed by atoms with van der Waals surface area (Å²) in [6, 6.07) is 1.65. The minimum Gasteiger partial charge on any atom is -0.365 e. The quantitative estimate of drug-likeness (QED) is 0.595. The largest absolute Gasteiger partial charge is 0.365 e. The zero-order chi connectivity index (χ0) is 17.3. The summed E-state index contributed by atoms with van der Waals surface area (Å²) in [6.45, 7) is 2.22. The Hall–Kier alpha value is -1.35. The summed E-state index contributed by atoms with van der Waals surface area (Å²) in [5.41, 5.74) is 7.12. The van der Waals surface area contributed by atoms with E-state index in [4.69, 9.17) is 17.3 Å². The Morgan fingerprint density at radius 2 is 2.25 bits per heavy atom. The zero-order valence-electron chi connectivity index (χ0n) is 12.7. The van der Waals surface area contributed by atoms with Gasteiger partial charge in [0.15, 0.2) is 0 Å². The maximum Gasteiger partial charge on any atom is 0.225 e. The number of hydrogen-bond acceptors (Lipinski definition) is 6. The van der Waals surface area contributed by atoms with Gasteiger partial charge in [0.1, 0.15) is 17.2 Å². The first-order chi connectivity index (χ1) is 11.5. The summed E-state index contributed by atoms with van der Waals surface area (Å²) in [7, 11) is 0. The molecule has 0 spiro atoms. The number of nitrogens with one attached hydrogen (secondary N) is 1. The average molecular weight is 431 g/mol.